The third kappa shape index (κ3) is 6.51. The van der Waals surface area contributed by atoms with Gasteiger partial charge in [-0.25, -0.2) is 9.98 Å². The van der Waals surface area contributed by atoms with Gasteiger partial charge in [-0.2, -0.15) is 13.2 Å². The molecule has 1 aliphatic heterocycles. The molecule has 2 aromatic carbocycles. The van der Waals surface area contributed by atoms with Gasteiger partial charge in [-0.05, 0) is 63.6 Å². The molecule has 4 rings (SSSR count). The Bertz CT molecular complexity index is 1460. The number of hydrogen-bond donors (Lipinski definition) is 4. The number of benzene rings is 2. The lowest BCUT2D eigenvalue weighted by atomic mass is 10.1. The number of nitrogens with two attached hydrogens (primary N) is 2. The highest BCUT2D eigenvalue weighted by molar-refractivity contribution is 6.01. The number of amidine groups is 1. The van der Waals surface area contributed by atoms with Crippen LogP contribution in [0, 0.1) is 0 Å². The smallest absolute Gasteiger partial charge is 0.416 e. The largest absolute Gasteiger partial charge is 0.466 e. The van der Waals surface area contributed by atoms with E-state index in [0.717, 1.165) is 23.3 Å². The topological polar surface area (TPSA) is 133 Å². The summed E-state index contributed by atoms with van der Waals surface area (Å²) in [4.78, 5) is 21.8. The second-order valence-corrected chi connectivity index (χ2v) is 10.1. The number of nitrogens with zero attached hydrogens (tertiary/aromatic N) is 3. The van der Waals surface area contributed by atoms with Crippen LogP contribution in [0.5, 0.6) is 5.75 Å². The van der Waals surface area contributed by atoms with Crippen molar-refractivity contribution in [3.05, 3.63) is 69.6 Å². The van der Waals surface area contributed by atoms with Crippen molar-refractivity contribution in [2.45, 2.75) is 58.7 Å². The van der Waals surface area contributed by atoms with Crippen LogP contribution in [0.15, 0.2) is 52.4 Å². The number of halogens is 3. The highest BCUT2D eigenvalue weighted by Crippen LogP contribution is 2.34. The number of anilines is 2. The molecule has 0 amide bonds. The van der Waals surface area contributed by atoms with Gasteiger partial charge in [-0.15, -0.1) is 0 Å². The molecular formula is C27H32F3N7O2. The SMILES string of the molecule is CC(C)Nc1ncc(-c2cc(N)cc(C(F)(F)F)c2)n(CCNCc2ccc3c(c2)OC(C)(C)N=C3N)c1=O. The van der Waals surface area contributed by atoms with Gasteiger partial charge in [0.2, 0.25) is 0 Å². The van der Waals surface area contributed by atoms with E-state index >= 15 is 0 Å². The van der Waals surface area contributed by atoms with E-state index in [4.69, 9.17) is 16.2 Å². The third-order valence-electron chi connectivity index (χ3n) is 5.97. The number of fused-ring (bicyclic) bond motifs is 1. The van der Waals surface area contributed by atoms with E-state index in [0.29, 0.717) is 24.7 Å². The van der Waals surface area contributed by atoms with Crippen LogP contribution in [0.4, 0.5) is 24.7 Å². The summed E-state index contributed by atoms with van der Waals surface area (Å²) >= 11 is 0. The molecule has 0 atom stereocenters. The molecule has 0 bridgehead atoms. The molecule has 0 saturated heterocycles. The fraction of sp³-hybridized carbons (Fsp3) is 0.370. The van der Waals surface area contributed by atoms with Gasteiger partial charge in [0.15, 0.2) is 11.5 Å². The molecule has 0 spiro atoms. The molecule has 208 valence electrons. The van der Waals surface area contributed by atoms with Crippen molar-refractivity contribution in [2.24, 2.45) is 10.7 Å². The molecule has 1 aliphatic rings. The number of alkyl halides is 3. The van der Waals surface area contributed by atoms with E-state index < -0.39 is 23.0 Å². The summed E-state index contributed by atoms with van der Waals surface area (Å²) in [6.07, 6.45) is -3.21. The molecule has 0 aliphatic carbocycles. The lowest BCUT2D eigenvalue weighted by Crippen LogP contribution is -2.35. The fourth-order valence-electron chi connectivity index (χ4n) is 4.31. The summed E-state index contributed by atoms with van der Waals surface area (Å²) in [5.41, 5.74) is 11.7. The zero-order valence-corrected chi connectivity index (χ0v) is 22.2. The summed E-state index contributed by atoms with van der Waals surface area (Å²) in [7, 11) is 0. The maximum atomic E-state index is 13.4. The van der Waals surface area contributed by atoms with Gasteiger partial charge in [0.1, 0.15) is 11.6 Å². The van der Waals surface area contributed by atoms with Gasteiger partial charge in [-0.3, -0.25) is 4.79 Å². The number of hydrogen-bond acceptors (Lipinski definition) is 8. The molecule has 0 radical (unpaired) electrons. The van der Waals surface area contributed by atoms with Gasteiger partial charge < -0.3 is 31.4 Å². The second-order valence-electron chi connectivity index (χ2n) is 10.1. The lowest BCUT2D eigenvalue weighted by molar-refractivity contribution is -0.137. The Kier molecular flexibility index (Phi) is 7.60. The maximum absolute atomic E-state index is 13.4. The highest BCUT2D eigenvalue weighted by Gasteiger charge is 2.31. The average Bonchev–Trinajstić information content (AvgIpc) is 2.81. The molecule has 0 saturated carbocycles. The average molecular weight is 544 g/mol. The Labute approximate surface area is 224 Å². The van der Waals surface area contributed by atoms with Crippen LogP contribution < -0.4 is 32.4 Å². The third-order valence-corrected chi connectivity index (χ3v) is 5.97. The minimum absolute atomic E-state index is 0.0650. The minimum atomic E-state index is -4.59. The van der Waals surface area contributed by atoms with E-state index in [9.17, 15) is 18.0 Å². The minimum Gasteiger partial charge on any atom is -0.466 e. The quantitative estimate of drug-likeness (QED) is 0.250. The van der Waals surface area contributed by atoms with Crippen LogP contribution >= 0.6 is 0 Å². The van der Waals surface area contributed by atoms with Gasteiger partial charge in [-0.1, -0.05) is 6.07 Å². The van der Waals surface area contributed by atoms with E-state index in [1.165, 1.54) is 16.8 Å². The Balaban J connectivity index is 1.57. The van der Waals surface area contributed by atoms with Crippen LogP contribution in [0.25, 0.3) is 11.3 Å². The number of nitrogens with one attached hydrogen (secondary N) is 2. The Morgan fingerprint density at radius 1 is 1.13 bits per heavy atom. The zero-order valence-electron chi connectivity index (χ0n) is 22.2. The number of ether oxygens (including phenoxy) is 1. The van der Waals surface area contributed by atoms with E-state index in [1.807, 2.05) is 45.9 Å². The predicted octanol–water partition coefficient (Wildman–Crippen LogP) is 3.96. The first-order chi connectivity index (χ1) is 18.2. The van der Waals surface area contributed by atoms with Crippen LogP contribution in [0.3, 0.4) is 0 Å². The van der Waals surface area contributed by atoms with Gasteiger partial charge in [0.25, 0.3) is 5.56 Å². The maximum Gasteiger partial charge on any atom is 0.416 e. The monoisotopic (exact) mass is 543 g/mol. The zero-order chi connectivity index (χ0) is 28.5. The molecular weight excluding hydrogens is 511 g/mol. The molecule has 6 N–H and O–H groups in total. The molecule has 3 aromatic rings. The summed E-state index contributed by atoms with van der Waals surface area (Å²) < 4.78 is 47.7. The van der Waals surface area contributed by atoms with Gasteiger partial charge in [0.05, 0.1) is 23.0 Å². The molecule has 12 heteroatoms. The van der Waals surface area contributed by atoms with Crippen molar-refractivity contribution in [3.8, 4) is 17.0 Å². The van der Waals surface area contributed by atoms with Crippen molar-refractivity contribution in [3.63, 3.8) is 0 Å². The Hall–Kier alpha value is -4.06. The summed E-state index contributed by atoms with van der Waals surface area (Å²) in [5.74, 6) is 1.15. The standard InChI is InChI=1S/C27H32F3N7O2/c1-15(2)35-24-25(38)37(21(14-34-24)17-10-18(27(28,29)30)12-19(31)11-17)8-7-33-13-16-5-6-20-22(9-16)39-26(3,4)36-23(20)32/h5-6,9-12,14-15,33H,7-8,13,31H2,1-4H3,(H2,32,36)(H,34,35). The number of nitrogen functional groups attached to an aromatic ring is 1. The summed E-state index contributed by atoms with van der Waals surface area (Å²) in [6, 6.07) is 8.78. The Morgan fingerprint density at radius 3 is 2.56 bits per heavy atom. The summed E-state index contributed by atoms with van der Waals surface area (Å²) in [6.45, 7) is 8.33. The lowest BCUT2D eigenvalue weighted by Gasteiger charge is -2.29. The van der Waals surface area contributed by atoms with Crippen molar-refractivity contribution in [2.75, 3.05) is 17.6 Å². The normalized spacial score (nSPS) is 14.5. The van der Waals surface area contributed by atoms with Crippen molar-refractivity contribution < 1.29 is 17.9 Å². The van der Waals surface area contributed by atoms with Crippen molar-refractivity contribution >= 4 is 17.3 Å². The molecule has 0 fully saturated rings. The second kappa shape index (κ2) is 10.6. The fourth-order valence-corrected chi connectivity index (χ4v) is 4.31. The van der Waals surface area contributed by atoms with E-state index in [1.54, 1.807) is 0 Å². The van der Waals surface area contributed by atoms with Crippen LogP contribution in [-0.2, 0) is 19.3 Å². The van der Waals surface area contributed by atoms with Gasteiger partial charge in [0, 0.05) is 36.9 Å². The number of aliphatic imine (C=N–C) groups is 1. The first kappa shape index (κ1) is 28.0. The number of rotatable bonds is 8. The van der Waals surface area contributed by atoms with E-state index in [-0.39, 0.29) is 35.3 Å². The predicted molar refractivity (Wildman–Crippen MR) is 146 cm³/mol. The van der Waals surface area contributed by atoms with Crippen LogP contribution in [-0.4, -0.2) is 33.7 Å². The van der Waals surface area contributed by atoms with Crippen molar-refractivity contribution in [1.82, 2.24) is 14.9 Å². The van der Waals surface area contributed by atoms with Crippen LogP contribution in [0.2, 0.25) is 0 Å². The molecule has 0 unspecified atom stereocenters. The van der Waals surface area contributed by atoms with Gasteiger partial charge >= 0.3 is 6.18 Å². The van der Waals surface area contributed by atoms with Crippen molar-refractivity contribution in [1.29, 1.82) is 0 Å². The first-order valence-corrected chi connectivity index (χ1v) is 12.5. The van der Waals surface area contributed by atoms with Crippen LogP contribution in [0.1, 0.15) is 44.4 Å². The van der Waals surface area contributed by atoms with E-state index in [2.05, 4.69) is 20.6 Å². The Morgan fingerprint density at radius 2 is 1.87 bits per heavy atom. The molecule has 9 nitrogen and oxygen atoms in total. The molecule has 39 heavy (non-hydrogen) atoms. The summed E-state index contributed by atoms with van der Waals surface area (Å²) in [5, 5.41) is 6.27. The molecule has 1 aromatic heterocycles. The first-order valence-electron chi connectivity index (χ1n) is 12.5. The highest BCUT2D eigenvalue weighted by atomic mass is 19.4. The number of aromatic nitrogens is 2. The molecule has 2 heterocycles.